The highest BCUT2D eigenvalue weighted by Gasteiger charge is 2.35. The molecule has 0 saturated heterocycles. The summed E-state index contributed by atoms with van der Waals surface area (Å²) < 4.78 is 0. The monoisotopic (exact) mass is 412 g/mol. The van der Waals surface area contributed by atoms with E-state index in [0.717, 1.165) is 12.8 Å². The molecule has 1 heteroatoms. The highest BCUT2D eigenvalue weighted by atomic mass is 32.3. The predicted octanol–water partition coefficient (Wildman–Crippen LogP) is 8.53. The number of terminal acetylenes is 1. The lowest BCUT2D eigenvalue weighted by Crippen LogP contribution is -2.12. The molecule has 2 aromatic carbocycles. The van der Waals surface area contributed by atoms with Gasteiger partial charge in [-0.05, 0) is 77.0 Å². The van der Waals surface area contributed by atoms with E-state index in [9.17, 15) is 0 Å². The highest BCUT2D eigenvalue weighted by Crippen LogP contribution is 2.74. The fraction of sp³-hybridized carbons (Fsp3) is 0.241. The van der Waals surface area contributed by atoms with Crippen molar-refractivity contribution in [1.29, 1.82) is 0 Å². The van der Waals surface area contributed by atoms with E-state index in [1.54, 1.807) is 0 Å². The molecule has 30 heavy (non-hydrogen) atoms. The molecule has 0 N–H and O–H groups in total. The lowest BCUT2D eigenvalue weighted by molar-refractivity contribution is 0.589. The number of benzene rings is 2. The largest absolute Gasteiger partial charge is 0.133 e. The fourth-order valence-corrected chi connectivity index (χ4v) is 7.96. The molecule has 3 rings (SSSR count). The first-order valence-electron chi connectivity index (χ1n) is 10.6. The first-order chi connectivity index (χ1) is 14.4. The van der Waals surface area contributed by atoms with Gasteiger partial charge in [-0.15, -0.1) is 16.5 Å². The summed E-state index contributed by atoms with van der Waals surface area (Å²) in [7, 11) is -1.63. The molecular weight excluding hydrogens is 380 g/mol. The van der Waals surface area contributed by atoms with Gasteiger partial charge < -0.3 is 0 Å². The third kappa shape index (κ3) is 4.25. The molecule has 1 aliphatic rings. The first-order valence-corrected chi connectivity index (χ1v) is 12.2. The van der Waals surface area contributed by atoms with Crippen LogP contribution in [-0.2, 0) is 5.41 Å². The van der Waals surface area contributed by atoms with Gasteiger partial charge in [0.25, 0.3) is 0 Å². The summed E-state index contributed by atoms with van der Waals surface area (Å²) in [6.07, 6.45) is 21.0. The van der Waals surface area contributed by atoms with E-state index >= 15 is 0 Å². The van der Waals surface area contributed by atoms with Crippen molar-refractivity contribution in [2.24, 2.45) is 0 Å². The Hall–Kier alpha value is -2.69. The number of hydrogen-bond donors (Lipinski definition) is 0. The SMILES string of the molecule is C#C/C=C\C(=C/C)S(C1=CCCC=C1)(c1ccccc1)c1ccc(C(C)(C)C)cc1. The minimum atomic E-state index is -1.63. The van der Waals surface area contributed by atoms with E-state index < -0.39 is 10.0 Å². The zero-order valence-electron chi connectivity index (χ0n) is 18.6. The van der Waals surface area contributed by atoms with Crippen LogP contribution in [0.1, 0.15) is 46.1 Å². The van der Waals surface area contributed by atoms with Crippen LogP contribution in [0.3, 0.4) is 0 Å². The Morgan fingerprint density at radius 3 is 2.17 bits per heavy atom. The molecule has 1 atom stereocenters. The second kappa shape index (κ2) is 9.41. The smallest absolute Gasteiger partial charge is 0.00229 e. The van der Waals surface area contributed by atoms with Gasteiger partial charge in [0.2, 0.25) is 0 Å². The molecule has 0 heterocycles. The van der Waals surface area contributed by atoms with Crippen LogP contribution in [0.5, 0.6) is 0 Å². The van der Waals surface area contributed by atoms with Crippen LogP contribution >= 0.6 is 10.0 Å². The van der Waals surface area contributed by atoms with Gasteiger partial charge in [0.15, 0.2) is 0 Å². The summed E-state index contributed by atoms with van der Waals surface area (Å²) in [5.41, 5.74) is 1.47. The Morgan fingerprint density at radius 2 is 1.63 bits per heavy atom. The van der Waals surface area contributed by atoms with Crippen molar-refractivity contribution in [2.75, 3.05) is 0 Å². The van der Waals surface area contributed by atoms with Crippen LogP contribution in [-0.4, -0.2) is 0 Å². The van der Waals surface area contributed by atoms with Gasteiger partial charge in [0.05, 0.1) is 0 Å². The second-order valence-corrected chi connectivity index (χ2v) is 11.6. The van der Waals surface area contributed by atoms with Crippen LogP contribution in [0.2, 0.25) is 0 Å². The molecule has 2 aromatic rings. The topological polar surface area (TPSA) is 0 Å². The van der Waals surface area contributed by atoms with E-state index in [-0.39, 0.29) is 5.41 Å². The van der Waals surface area contributed by atoms with Gasteiger partial charge in [-0.1, -0.05) is 81.3 Å². The molecule has 1 aliphatic carbocycles. The molecule has 1 unspecified atom stereocenters. The molecule has 154 valence electrons. The molecule has 0 saturated carbocycles. The van der Waals surface area contributed by atoms with E-state index in [1.165, 1.54) is 25.2 Å². The van der Waals surface area contributed by atoms with Crippen LogP contribution in [0.4, 0.5) is 0 Å². The summed E-state index contributed by atoms with van der Waals surface area (Å²) in [6.45, 7) is 8.91. The molecule has 0 radical (unpaired) electrons. The van der Waals surface area contributed by atoms with Crippen molar-refractivity contribution in [3.63, 3.8) is 0 Å². The van der Waals surface area contributed by atoms with Crippen molar-refractivity contribution in [2.45, 2.75) is 55.7 Å². The molecule has 0 bridgehead atoms. The number of rotatable bonds is 5. The molecule has 0 spiro atoms. The van der Waals surface area contributed by atoms with Crippen molar-refractivity contribution in [3.05, 3.63) is 106 Å². The maximum Gasteiger partial charge on any atom is 0.00229 e. The molecular formula is C29H32S. The highest BCUT2D eigenvalue weighted by molar-refractivity contribution is 8.40. The van der Waals surface area contributed by atoms with Crippen LogP contribution in [0.15, 0.2) is 111 Å². The van der Waals surface area contributed by atoms with E-state index in [1.807, 2.05) is 6.08 Å². The summed E-state index contributed by atoms with van der Waals surface area (Å²) >= 11 is 0. The van der Waals surface area contributed by atoms with Gasteiger partial charge >= 0.3 is 0 Å². The van der Waals surface area contributed by atoms with E-state index in [2.05, 4.69) is 119 Å². The lowest BCUT2D eigenvalue weighted by Gasteiger charge is -2.44. The minimum Gasteiger partial charge on any atom is -0.133 e. The standard InChI is InChI=1S/C29H32S/c1-6-8-15-25(7-2)30(26-16-11-9-12-17-26,27-18-13-10-14-19-27)28-22-20-24(21-23-28)29(3,4)5/h1,7-9,11-13,15-23H,10,14H2,2-5H3/b15-8-,25-7+. The van der Waals surface area contributed by atoms with Crippen molar-refractivity contribution >= 4 is 10.0 Å². The van der Waals surface area contributed by atoms with Crippen molar-refractivity contribution in [3.8, 4) is 12.3 Å². The van der Waals surface area contributed by atoms with E-state index in [0.29, 0.717) is 0 Å². The quantitative estimate of drug-likeness (QED) is 0.341. The second-order valence-electron chi connectivity index (χ2n) is 8.48. The Kier molecular flexibility index (Phi) is 6.91. The molecule has 0 amide bonds. The summed E-state index contributed by atoms with van der Waals surface area (Å²) in [5, 5.41) is 0. The third-order valence-electron chi connectivity index (χ3n) is 5.47. The van der Waals surface area contributed by atoms with Gasteiger partial charge in [-0.2, -0.15) is 0 Å². The van der Waals surface area contributed by atoms with Gasteiger partial charge in [0, 0.05) is 9.79 Å². The zero-order chi connectivity index (χ0) is 21.6. The van der Waals surface area contributed by atoms with Crippen molar-refractivity contribution in [1.82, 2.24) is 0 Å². The minimum absolute atomic E-state index is 0.125. The zero-order valence-corrected chi connectivity index (χ0v) is 19.4. The Balaban J connectivity index is 2.36. The fourth-order valence-electron chi connectivity index (χ4n) is 3.92. The summed E-state index contributed by atoms with van der Waals surface area (Å²) in [4.78, 5) is 5.33. The Morgan fingerprint density at radius 1 is 0.967 bits per heavy atom. The average Bonchev–Trinajstić information content (AvgIpc) is 2.77. The Labute approximate surface area is 184 Å². The number of hydrogen-bond acceptors (Lipinski definition) is 0. The van der Waals surface area contributed by atoms with Crippen LogP contribution in [0, 0.1) is 12.3 Å². The lowest BCUT2D eigenvalue weighted by atomic mass is 9.87. The maximum atomic E-state index is 5.61. The van der Waals surface area contributed by atoms with Gasteiger partial charge in [-0.3, -0.25) is 0 Å². The van der Waals surface area contributed by atoms with Crippen molar-refractivity contribution < 1.29 is 0 Å². The van der Waals surface area contributed by atoms with Gasteiger partial charge in [-0.25, -0.2) is 0 Å². The average molecular weight is 413 g/mol. The van der Waals surface area contributed by atoms with Crippen LogP contribution < -0.4 is 0 Å². The molecule has 0 nitrogen and oxygen atoms in total. The molecule has 0 aromatic heterocycles. The van der Waals surface area contributed by atoms with Crippen LogP contribution in [0.25, 0.3) is 0 Å². The first kappa shape index (κ1) is 22.0. The Bertz CT molecular complexity index is 1020. The maximum absolute atomic E-state index is 5.61. The summed E-state index contributed by atoms with van der Waals surface area (Å²) in [6, 6.07) is 20.2. The van der Waals surface area contributed by atoms with E-state index in [4.69, 9.17) is 6.42 Å². The molecule has 0 aliphatic heterocycles. The van der Waals surface area contributed by atoms with Gasteiger partial charge in [0.1, 0.15) is 0 Å². The molecule has 0 fully saturated rings. The number of allylic oxidation sites excluding steroid dienone is 6. The summed E-state index contributed by atoms with van der Waals surface area (Å²) in [5.74, 6) is 2.69. The normalized spacial score (nSPS) is 17.8. The predicted molar refractivity (Wildman–Crippen MR) is 134 cm³/mol. The third-order valence-corrected chi connectivity index (χ3v) is 9.51.